The van der Waals surface area contributed by atoms with Gasteiger partial charge in [-0.3, -0.25) is 9.59 Å². The van der Waals surface area contributed by atoms with Gasteiger partial charge in [-0.1, -0.05) is 6.92 Å². The lowest BCUT2D eigenvalue weighted by Gasteiger charge is -2.07. The van der Waals surface area contributed by atoms with E-state index >= 15 is 0 Å². The third-order valence-corrected chi connectivity index (χ3v) is 4.48. The zero-order valence-corrected chi connectivity index (χ0v) is 15.1. The Balaban J connectivity index is 1.44. The number of rotatable bonds is 8. The molecule has 1 heterocycles. The van der Waals surface area contributed by atoms with Gasteiger partial charge in [-0.25, -0.2) is 0 Å². The summed E-state index contributed by atoms with van der Waals surface area (Å²) in [5.41, 5.74) is 1.34. The average molecular weight is 356 g/mol. The molecule has 2 N–H and O–H groups in total. The molecule has 1 fully saturated rings. The van der Waals surface area contributed by atoms with Crippen LogP contribution >= 0.6 is 0 Å². The van der Waals surface area contributed by atoms with Gasteiger partial charge in [-0.05, 0) is 48.7 Å². The number of furan rings is 1. The number of benzene rings is 1. The van der Waals surface area contributed by atoms with Gasteiger partial charge < -0.3 is 19.8 Å². The lowest BCUT2D eigenvalue weighted by atomic mass is 10.2. The van der Waals surface area contributed by atoms with Gasteiger partial charge in [0.25, 0.3) is 0 Å². The summed E-state index contributed by atoms with van der Waals surface area (Å²) in [5, 5.41) is 5.55. The Bertz CT molecular complexity index is 766. The number of nitrogens with one attached hydrogen (secondary N) is 2. The van der Waals surface area contributed by atoms with Crippen molar-refractivity contribution in [1.82, 2.24) is 0 Å². The first-order valence-electron chi connectivity index (χ1n) is 8.82. The van der Waals surface area contributed by atoms with E-state index in [2.05, 4.69) is 17.6 Å². The molecular weight excluding hydrogens is 332 g/mol. The van der Waals surface area contributed by atoms with Gasteiger partial charge in [-0.15, -0.1) is 0 Å². The average Bonchev–Trinajstić information content (AvgIpc) is 3.16. The van der Waals surface area contributed by atoms with Crippen molar-refractivity contribution in [3.63, 3.8) is 0 Å². The summed E-state index contributed by atoms with van der Waals surface area (Å²) in [6.07, 6.45) is 2.13. The van der Waals surface area contributed by atoms with Crippen molar-refractivity contribution in [2.45, 2.75) is 32.1 Å². The number of ether oxygens (including phenoxy) is 1. The fraction of sp³-hybridized carbons (Fsp3) is 0.400. The first-order valence-corrected chi connectivity index (χ1v) is 8.82. The molecule has 0 bridgehead atoms. The Kier molecular flexibility index (Phi) is 5.73. The van der Waals surface area contributed by atoms with E-state index in [1.54, 1.807) is 24.3 Å². The SMILES string of the molecule is COCC(=O)Nc1ccc(NC(=O)CCc2ccc(C3CC3C)o2)cc1. The largest absolute Gasteiger partial charge is 0.466 e. The highest BCUT2D eigenvalue weighted by Gasteiger charge is 2.36. The zero-order chi connectivity index (χ0) is 18.5. The van der Waals surface area contributed by atoms with E-state index in [9.17, 15) is 9.59 Å². The van der Waals surface area contributed by atoms with Crippen LogP contribution in [0.1, 0.15) is 37.2 Å². The summed E-state index contributed by atoms with van der Waals surface area (Å²) in [6.45, 7) is 2.22. The highest BCUT2D eigenvalue weighted by molar-refractivity contribution is 5.93. The minimum absolute atomic E-state index is 0.00659. The monoisotopic (exact) mass is 356 g/mol. The van der Waals surface area contributed by atoms with Crippen LogP contribution in [0, 0.1) is 5.92 Å². The maximum Gasteiger partial charge on any atom is 0.250 e. The standard InChI is InChI=1S/C20H24N2O4/c1-13-11-17(13)18-9-7-16(26-18)8-10-19(23)21-14-3-5-15(6-4-14)22-20(24)12-25-2/h3-7,9,13,17H,8,10-12H2,1-2H3,(H,21,23)(H,22,24). The third kappa shape index (κ3) is 4.95. The number of anilines is 2. The molecule has 1 aliphatic carbocycles. The van der Waals surface area contributed by atoms with E-state index in [0.29, 0.717) is 36.1 Å². The molecule has 2 unspecified atom stereocenters. The molecule has 0 saturated heterocycles. The Morgan fingerprint density at radius 1 is 1.08 bits per heavy atom. The van der Waals surface area contributed by atoms with E-state index in [0.717, 1.165) is 11.5 Å². The predicted molar refractivity (Wildman–Crippen MR) is 99.1 cm³/mol. The molecule has 1 aromatic heterocycles. The Hall–Kier alpha value is -2.60. The first kappa shape index (κ1) is 18.2. The fourth-order valence-corrected chi connectivity index (χ4v) is 2.87. The second-order valence-electron chi connectivity index (χ2n) is 6.73. The van der Waals surface area contributed by atoms with Crippen LogP contribution in [0.4, 0.5) is 11.4 Å². The second kappa shape index (κ2) is 8.19. The molecule has 0 spiro atoms. The number of hydrogen-bond donors (Lipinski definition) is 2. The predicted octanol–water partition coefficient (Wildman–Crippen LogP) is 3.56. The van der Waals surface area contributed by atoms with Crippen molar-refractivity contribution in [3.05, 3.63) is 47.9 Å². The van der Waals surface area contributed by atoms with Crippen molar-refractivity contribution in [1.29, 1.82) is 0 Å². The lowest BCUT2D eigenvalue weighted by Crippen LogP contribution is -2.17. The van der Waals surface area contributed by atoms with Crippen LogP contribution in [0.15, 0.2) is 40.8 Å². The highest BCUT2D eigenvalue weighted by atomic mass is 16.5. The van der Waals surface area contributed by atoms with E-state index < -0.39 is 0 Å². The molecule has 6 heteroatoms. The van der Waals surface area contributed by atoms with E-state index in [-0.39, 0.29) is 18.4 Å². The van der Waals surface area contributed by atoms with Gasteiger partial charge in [0.05, 0.1) is 0 Å². The zero-order valence-electron chi connectivity index (χ0n) is 15.1. The van der Waals surface area contributed by atoms with Crippen molar-refractivity contribution < 1.29 is 18.7 Å². The molecule has 1 aliphatic rings. The molecule has 26 heavy (non-hydrogen) atoms. The molecule has 1 saturated carbocycles. The fourth-order valence-electron chi connectivity index (χ4n) is 2.87. The molecule has 2 aromatic rings. The smallest absolute Gasteiger partial charge is 0.250 e. The molecule has 3 rings (SSSR count). The van der Waals surface area contributed by atoms with Crippen LogP contribution in [0.3, 0.4) is 0 Å². The minimum Gasteiger partial charge on any atom is -0.466 e. The van der Waals surface area contributed by atoms with Crippen LogP contribution in [-0.4, -0.2) is 25.5 Å². The number of carbonyl (C=O) groups excluding carboxylic acids is 2. The van der Waals surface area contributed by atoms with Gasteiger partial charge in [0.2, 0.25) is 11.8 Å². The summed E-state index contributed by atoms with van der Waals surface area (Å²) < 4.78 is 10.6. The number of carbonyl (C=O) groups is 2. The normalized spacial score (nSPS) is 18.4. The Labute approximate surface area is 152 Å². The number of aryl methyl sites for hydroxylation is 1. The van der Waals surface area contributed by atoms with Gasteiger partial charge >= 0.3 is 0 Å². The molecule has 2 amide bonds. The molecule has 138 valence electrons. The highest BCUT2D eigenvalue weighted by Crippen LogP contribution is 2.47. The van der Waals surface area contributed by atoms with Crippen molar-refractivity contribution >= 4 is 23.2 Å². The summed E-state index contributed by atoms with van der Waals surface area (Å²) in [6, 6.07) is 11.0. The van der Waals surface area contributed by atoms with Crippen molar-refractivity contribution in [3.8, 4) is 0 Å². The van der Waals surface area contributed by atoms with Gasteiger partial charge in [0, 0.05) is 37.2 Å². The quantitative estimate of drug-likeness (QED) is 0.758. The van der Waals surface area contributed by atoms with Crippen molar-refractivity contribution in [2.75, 3.05) is 24.4 Å². The number of methoxy groups -OCH3 is 1. The second-order valence-corrected chi connectivity index (χ2v) is 6.73. The molecule has 1 aromatic carbocycles. The van der Waals surface area contributed by atoms with Crippen LogP contribution in [0.25, 0.3) is 0 Å². The summed E-state index contributed by atoms with van der Waals surface area (Å²) in [4.78, 5) is 23.5. The number of hydrogen-bond acceptors (Lipinski definition) is 4. The van der Waals surface area contributed by atoms with Crippen LogP contribution < -0.4 is 10.6 Å². The third-order valence-electron chi connectivity index (χ3n) is 4.48. The number of amides is 2. The first-order chi connectivity index (χ1) is 12.5. The van der Waals surface area contributed by atoms with Crippen LogP contribution in [-0.2, 0) is 20.7 Å². The molecular formula is C20H24N2O4. The minimum atomic E-state index is -0.220. The van der Waals surface area contributed by atoms with Crippen molar-refractivity contribution in [2.24, 2.45) is 5.92 Å². The maximum atomic E-state index is 12.1. The van der Waals surface area contributed by atoms with Crippen LogP contribution in [0.2, 0.25) is 0 Å². The summed E-state index contributed by atoms with van der Waals surface area (Å²) in [5.74, 6) is 2.87. The summed E-state index contributed by atoms with van der Waals surface area (Å²) in [7, 11) is 1.47. The molecule has 2 atom stereocenters. The van der Waals surface area contributed by atoms with E-state index in [1.165, 1.54) is 13.5 Å². The van der Waals surface area contributed by atoms with E-state index in [1.807, 2.05) is 12.1 Å². The molecule has 0 aliphatic heterocycles. The lowest BCUT2D eigenvalue weighted by molar-refractivity contribution is -0.119. The summed E-state index contributed by atoms with van der Waals surface area (Å²) >= 11 is 0. The van der Waals surface area contributed by atoms with E-state index in [4.69, 9.17) is 9.15 Å². The maximum absolute atomic E-state index is 12.1. The molecule has 6 nitrogen and oxygen atoms in total. The van der Waals surface area contributed by atoms with Crippen LogP contribution in [0.5, 0.6) is 0 Å². The van der Waals surface area contributed by atoms with Gasteiger partial charge in [0.15, 0.2) is 0 Å². The van der Waals surface area contributed by atoms with Gasteiger partial charge in [-0.2, -0.15) is 0 Å². The van der Waals surface area contributed by atoms with Gasteiger partial charge in [0.1, 0.15) is 18.1 Å². The Morgan fingerprint density at radius 3 is 2.27 bits per heavy atom. The molecule has 0 radical (unpaired) electrons. The topological polar surface area (TPSA) is 80.6 Å². The Morgan fingerprint density at radius 2 is 1.69 bits per heavy atom.